The molecular weight excluding hydrogens is 308 g/mol. The van der Waals surface area contributed by atoms with E-state index in [0.717, 1.165) is 5.56 Å². The van der Waals surface area contributed by atoms with Crippen molar-refractivity contribution in [3.05, 3.63) is 42.2 Å². The number of carbonyl (C=O) groups excluding carboxylic acids is 1. The lowest BCUT2D eigenvalue weighted by Gasteiger charge is -2.10. The number of imidazole rings is 1. The number of aromatic hydroxyl groups is 1. The van der Waals surface area contributed by atoms with Crippen LogP contribution >= 0.6 is 0 Å². The van der Waals surface area contributed by atoms with E-state index in [0.29, 0.717) is 23.0 Å². The molecule has 0 aliphatic heterocycles. The number of phenolic OH excluding ortho intramolecular Hbond substituents is 1. The first-order valence-electron chi connectivity index (χ1n) is 7.33. The first kappa shape index (κ1) is 15.6. The Morgan fingerprint density at radius 2 is 2.00 bits per heavy atom. The number of aromatic nitrogens is 4. The lowest BCUT2D eigenvalue weighted by molar-refractivity contribution is 0.262. The number of amides is 2. The van der Waals surface area contributed by atoms with Crippen LogP contribution in [0.5, 0.6) is 5.75 Å². The molecule has 3 N–H and O–H groups in total. The third kappa shape index (κ3) is 3.07. The van der Waals surface area contributed by atoms with Crippen molar-refractivity contribution in [2.45, 2.75) is 6.92 Å². The predicted molar refractivity (Wildman–Crippen MR) is 90.9 cm³/mol. The van der Waals surface area contributed by atoms with Crippen molar-refractivity contribution in [1.82, 2.24) is 19.3 Å². The van der Waals surface area contributed by atoms with Gasteiger partial charge in [-0.15, -0.1) is 0 Å². The number of hydrogen-bond donors (Lipinski definition) is 3. The molecule has 3 aromatic rings. The van der Waals surface area contributed by atoms with Gasteiger partial charge in [-0.1, -0.05) is 0 Å². The van der Waals surface area contributed by atoms with Crippen LogP contribution in [0.2, 0.25) is 0 Å². The lowest BCUT2D eigenvalue weighted by Crippen LogP contribution is -2.21. The molecule has 0 fully saturated rings. The molecule has 1 aromatic carbocycles. The second-order valence-electron chi connectivity index (χ2n) is 5.48. The van der Waals surface area contributed by atoms with Gasteiger partial charge in [0.05, 0.1) is 0 Å². The van der Waals surface area contributed by atoms with Gasteiger partial charge in [0.2, 0.25) is 0 Å². The number of urea groups is 1. The Morgan fingerprint density at radius 3 is 2.67 bits per heavy atom. The fourth-order valence-electron chi connectivity index (χ4n) is 2.36. The van der Waals surface area contributed by atoms with Crippen molar-refractivity contribution in [2.24, 2.45) is 14.1 Å². The summed E-state index contributed by atoms with van der Waals surface area (Å²) in [5, 5.41) is 19.3. The number of anilines is 2. The van der Waals surface area contributed by atoms with Crippen LogP contribution in [0.1, 0.15) is 5.56 Å². The normalized spacial score (nSPS) is 10.6. The monoisotopic (exact) mass is 326 g/mol. The highest BCUT2D eigenvalue weighted by Crippen LogP contribution is 2.22. The Balaban J connectivity index is 1.75. The lowest BCUT2D eigenvalue weighted by atomic mass is 10.2. The summed E-state index contributed by atoms with van der Waals surface area (Å²) in [7, 11) is 3.62. The Morgan fingerprint density at radius 1 is 1.21 bits per heavy atom. The van der Waals surface area contributed by atoms with Crippen LogP contribution in [0.25, 0.3) is 11.5 Å². The summed E-state index contributed by atoms with van der Waals surface area (Å²) in [5.41, 5.74) is 2.06. The minimum absolute atomic E-state index is 0.157. The molecule has 2 amide bonds. The molecule has 2 aromatic heterocycles. The van der Waals surface area contributed by atoms with E-state index in [1.807, 2.05) is 17.8 Å². The first-order valence-corrected chi connectivity index (χ1v) is 7.33. The number of phenols is 1. The molecule has 0 saturated carbocycles. The summed E-state index contributed by atoms with van der Waals surface area (Å²) < 4.78 is 3.43. The van der Waals surface area contributed by atoms with E-state index in [1.165, 1.54) is 6.07 Å². The van der Waals surface area contributed by atoms with Gasteiger partial charge in [0.15, 0.2) is 5.82 Å². The Kier molecular flexibility index (Phi) is 3.95. The van der Waals surface area contributed by atoms with Crippen LogP contribution in [0.15, 0.2) is 36.7 Å². The van der Waals surface area contributed by atoms with Crippen molar-refractivity contribution in [1.29, 1.82) is 0 Å². The minimum Gasteiger partial charge on any atom is -0.508 e. The van der Waals surface area contributed by atoms with Gasteiger partial charge in [-0.05, 0) is 30.7 Å². The maximum Gasteiger partial charge on any atom is 0.324 e. The largest absolute Gasteiger partial charge is 0.508 e. The maximum atomic E-state index is 12.2. The molecule has 2 heterocycles. The minimum atomic E-state index is -0.391. The molecule has 0 atom stereocenters. The van der Waals surface area contributed by atoms with E-state index in [9.17, 15) is 9.90 Å². The van der Waals surface area contributed by atoms with Gasteiger partial charge in [0.25, 0.3) is 0 Å². The fraction of sp³-hybridized carbons (Fsp3) is 0.188. The maximum absolute atomic E-state index is 12.2. The van der Waals surface area contributed by atoms with Crippen molar-refractivity contribution >= 4 is 17.5 Å². The molecule has 8 nitrogen and oxygen atoms in total. The van der Waals surface area contributed by atoms with Crippen molar-refractivity contribution in [3.8, 4) is 17.3 Å². The second-order valence-corrected chi connectivity index (χ2v) is 5.48. The highest BCUT2D eigenvalue weighted by atomic mass is 16.3. The van der Waals surface area contributed by atoms with Crippen LogP contribution in [-0.4, -0.2) is 30.5 Å². The number of hydrogen-bond acceptors (Lipinski definition) is 4. The molecule has 0 saturated heterocycles. The molecule has 0 radical (unpaired) electrons. The van der Waals surface area contributed by atoms with E-state index >= 15 is 0 Å². The third-order valence-electron chi connectivity index (χ3n) is 3.63. The smallest absolute Gasteiger partial charge is 0.324 e. The van der Waals surface area contributed by atoms with Crippen molar-refractivity contribution in [2.75, 3.05) is 10.6 Å². The summed E-state index contributed by atoms with van der Waals surface area (Å²) in [5.74, 6) is 1.42. The number of rotatable bonds is 3. The van der Waals surface area contributed by atoms with Crippen LogP contribution in [0.4, 0.5) is 16.3 Å². The van der Waals surface area contributed by atoms with Gasteiger partial charge in [0.1, 0.15) is 17.3 Å². The zero-order valence-corrected chi connectivity index (χ0v) is 13.6. The van der Waals surface area contributed by atoms with Crippen LogP contribution in [-0.2, 0) is 14.1 Å². The first-order chi connectivity index (χ1) is 11.4. The van der Waals surface area contributed by atoms with Gasteiger partial charge >= 0.3 is 6.03 Å². The molecule has 0 bridgehead atoms. The molecule has 8 heteroatoms. The molecule has 24 heavy (non-hydrogen) atoms. The standard InChI is InChI=1S/C16H18N6O2/c1-10-8-11(23)4-5-12(10)18-16(24)19-14-9-13(20-22(14)3)15-17-6-7-21(15)2/h4-9,23H,1-3H3,(H2,18,19,24). The highest BCUT2D eigenvalue weighted by molar-refractivity contribution is 6.00. The van der Waals surface area contributed by atoms with Gasteiger partial charge in [0, 0.05) is 38.2 Å². The van der Waals surface area contributed by atoms with Gasteiger partial charge < -0.3 is 15.0 Å². The molecular formula is C16H18N6O2. The quantitative estimate of drug-likeness (QED) is 0.644. The molecule has 0 aliphatic rings. The molecule has 3 rings (SSSR count). The summed E-state index contributed by atoms with van der Waals surface area (Å²) in [4.78, 5) is 16.4. The summed E-state index contributed by atoms with van der Waals surface area (Å²) in [6.45, 7) is 1.80. The van der Waals surface area contributed by atoms with E-state index in [1.54, 1.807) is 43.0 Å². The summed E-state index contributed by atoms with van der Waals surface area (Å²) >= 11 is 0. The zero-order chi connectivity index (χ0) is 17.3. The number of nitrogens with zero attached hydrogens (tertiary/aromatic N) is 4. The zero-order valence-electron chi connectivity index (χ0n) is 13.6. The van der Waals surface area contributed by atoms with Crippen molar-refractivity contribution in [3.63, 3.8) is 0 Å². The predicted octanol–water partition coefficient (Wildman–Crippen LogP) is 2.48. The van der Waals surface area contributed by atoms with E-state index in [4.69, 9.17) is 0 Å². The number of carbonyl (C=O) groups is 1. The van der Waals surface area contributed by atoms with Crippen LogP contribution < -0.4 is 10.6 Å². The number of aryl methyl sites for hydroxylation is 3. The van der Waals surface area contributed by atoms with Crippen molar-refractivity contribution < 1.29 is 9.90 Å². The third-order valence-corrected chi connectivity index (χ3v) is 3.63. The van der Waals surface area contributed by atoms with Gasteiger partial charge in [-0.3, -0.25) is 10.00 Å². The van der Waals surface area contributed by atoms with E-state index < -0.39 is 6.03 Å². The Hall–Kier alpha value is -3.29. The molecule has 0 aliphatic carbocycles. The van der Waals surface area contributed by atoms with E-state index in [2.05, 4.69) is 20.7 Å². The van der Waals surface area contributed by atoms with E-state index in [-0.39, 0.29) is 5.75 Å². The van der Waals surface area contributed by atoms with Gasteiger partial charge in [-0.2, -0.15) is 5.10 Å². The highest BCUT2D eigenvalue weighted by Gasteiger charge is 2.13. The molecule has 0 spiro atoms. The van der Waals surface area contributed by atoms with Crippen LogP contribution in [0.3, 0.4) is 0 Å². The SMILES string of the molecule is Cc1cc(O)ccc1NC(=O)Nc1cc(-c2nccn2C)nn1C. The summed E-state index contributed by atoms with van der Waals surface area (Å²) in [6.07, 6.45) is 3.52. The average Bonchev–Trinajstić information content (AvgIpc) is 3.08. The Labute approximate surface area is 138 Å². The van der Waals surface area contributed by atoms with Gasteiger partial charge in [-0.25, -0.2) is 9.78 Å². The topological polar surface area (TPSA) is 97.0 Å². The molecule has 124 valence electrons. The Bertz CT molecular complexity index is 896. The number of benzene rings is 1. The second kappa shape index (κ2) is 6.07. The van der Waals surface area contributed by atoms with Crippen LogP contribution in [0, 0.1) is 6.92 Å². The average molecular weight is 326 g/mol. The molecule has 0 unspecified atom stereocenters. The number of nitrogens with one attached hydrogen (secondary N) is 2. The summed E-state index contributed by atoms with van der Waals surface area (Å²) in [6, 6.07) is 6.11. The fourth-order valence-corrected chi connectivity index (χ4v) is 2.36.